The van der Waals surface area contributed by atoms with Crippen molar-refractivity contribution in [2.45, 2.75) is 59.3 Å². The molecule has 2 fully saturated rings. The van der Waals surface area contributed by atoms with E-state index in [0.717, 1.165) is 48.7 Å². The maximum absolute atomic E-state index is 13.1. The minimum atomic E-state index is -0.354. The zero-order valence-corrected chi connectivity index (χ0v) is 15.2. The van der Waals surface area contributed by atoms with E-state index >= 15 is 0 Å². The smallest absolute Gasteiger partial charge is 0.236 e. The molecule has 4 rings (SSSR count). The molecule has 124 valence electrons. The third kappa shape index (κ3) is 2.14. The Morgan fingerprint density at radius 3 is 2.87 bits per heavy atom. The number of thiazole rings is 1. The molecule has 0 aliphatic heterocycles. The largest absolute Gasteiger partial charge is 0.301 e. The van der Waals surface area contributed by atoms with Crippen molar-refractivity contribution in [3.05, 3.63) is 22.7 Å². The Labute approximate surface area is 142 Å². The topological polar surface area (TPSA) is 42.0 Å². The van der Waals surface area contributed by atoms with Gasteiger partial charge in [0.15, 0.2) is 5.13 Å². The molecule has 0 saturated heterocycles. The zero-order valence-electron chi connectivity index (χ0n) is 14.4. The second-order valence-corrected chi connectivity index (χ2v) is 9.50. The Balaban J connectivity index is 1.56. The lowest BCUT2D eigenvalue weighted by Gasteiger charge is -2.36. The van der Waals surface area contributed by atoms with Gasteiger partial charge in [0.05, 0.1) is 11.1 Å². The molecule has 1 aromatic rings. The predicted octanol–water partition coefficient (Wildman–Crippen LogP) is 4.59. The van der Waals surface area contributed by atoms with Crippen LogP contribution in [0.4, 0.5) is 5.13 Å². The zero-order chi connectivity index (χ0) is 16.4. The standard InChI is InChI=1S/C19H26N2OS/c1-11-5-6-14-15(9-11)23-17(20-14)21-16(22)19-8-7-13(10-19)18(3,4)12(19)2/h11,13H,2,5-10H2,1,3-4H3,(H,20,21,22). The van der Waals surface area contributed by atoms with E-state index in [1.54, 1.807) is 11.3 Å². The lowest BCUT2D eigenvalue weighted by Crippen LogP contribution is -2.37. The summed E-state index contributed by atoms with van der Waals surface area (Å²) >= 11 is 1.68. The minimum Gasteiger partial charge on any atom is -0.301 e. The van der Waals surface area contributed by atoms with Crippen LogP contribution in [0.5, 0.6) is 0 Å². The van der Waals surface area contributed by atoms with Crippen LogP contribution in [0.15, 0.2) is 12.2 Å². The summed E-state index contributed by atoms with van der Waals surface area (Å²) in [5, 5.41) is 3.95. The van der Waals surface area contributed by atoms with E-state index in [1.165, 1.54) is 17.0 Å². The molecular weight excluding hydrogens is 304 g/mol. The van der Waals surface area contributed by atoms with E-state index in [2.05, 4.69) is 32.7 Å². The number of hydrogen-bond acceptors (Lipinski definition) is 3. The van der Waals surface area contributed by atoms with E-state index in [9.17, 15) is 4.79 Å². The molecular formula is C19H26N2OS. The fourth-order valence-electron chi connectivity index (χ4n) is 4.95. The molecule has 0 spiro atoms. The molecule has 3 nitrogen and oxygen atoms in total. The van der Waals surface area contributed by atoms with Crippen molar-refractivity contribution in [3.63, 3.8) is 0 Å². The highest BCUT2D eigenvalue weighted by molar-refractivity contribution is 7.15. The Morgan fingerprint density at radius 1 is 1.39 bits per heavy atom. The Kier molecular flexibility index (Phi) is 3.29. The first-order valence-electron chi connectivity index (χ1n) is 8.83. The van der Waals surface area contributed by atoms with Crippen molar-refractivity contribution >= 4 is 22.4 Å². The first kappa shape index (κ1) is 15.4. The molecule has 3 atom stereocenters. The number of rotatable bonds is 2. The van der Waals surface area contributed by atoms with Crippen molar-refractivity contribution in [1.29, 1.82) is 0 Å². The Bertz CT molecular complexity index is 690. The third-order valence-corrected chi connectivity index (χ3v) is 7.77. The summed E-state index contributed by atoms with van der Waals surface area (Å²) in [6.45, 7) is 11.1. The number of fused-ring (bicyclic) bond motifs is 3. The monoisotopic (exact) mass is 330 g/mol. The second kappa shape index (κ2) is 4.92. The number of anilines is 1. The number of carbonyl (C=O) groups excluding carboxylic acids is 1. The number of carbonyl (C=O) groups is 1. The van der Waals surface area contributed by atoms with Gasteiger partial charge >= 0.3 is 0 Å². The van der Waals surface area contributed by atoms with Crippen molar-refractivity contribution in [2.75, 3.05) is 5.32 Å². The van der Waals surface area contributed by atoms with E-state index < -0.39 is 0 Å². The summed E-state index contributed by atoms with van der Waals surface area (Å²) in [4.78, 5) is 19.1. The van der Waals surface area contributed by atoms with Crippen LogP contribution < -0.4 is 5.32 Å². The Morgan fingerprint density at radius 2 is 2.17 bits per heavy atom. The number of nitrogens with one attached hydrogen (secondary N) is 1. The highest BCUT2D eigenvalue weighted by Gasteiger charge is 2.61. The quantitative estimate of drug-likeness (QED) is 0.806. The highest BCUT2D eigenvalue weighted by Crippen LogP contribution is 2.65. The minimum absolute atomic E-state index is 0.0904. The number of aromatic nitrogens is 1. The molecule has 4 heteroatoms. The maximum Gasteiger partial charge on any atom is 0.236 e. The van der Waals surface area contributed by atoms with Crippen LogP contribution in [-0.4, -0.2) is 10.9 Å². The molecule has 1 N–H and O–H groups in total. The summed E-state index contributed by atoms with van der Waals surface area (Å²) < 4.78 is 0. The predicted molar refractivity (Wildman–Crippen MR) is 94.6 cm³/mol. The number of nitrogens with zero attached hydrogens (tertiary/aromatic N) is 1. The summed E-state index contributed by atoms with van der Waals surface area (Å²) in [5.41, 5.74) is 2.07. The summed E-state index contributed by atoms with van der Waals surface area (Å²) in [7, 11) is 0. The molecule has 1 amide bonds. The van der Waals surface area contributed by atoms with Crippen LogP contribution in [0.2, 0.25) is 0 Å². The second-order valence-electron chi connectivity index (χ2n) is 8.41. The first-order chi connectivity index (χ1) is 10.8. The van der Waals surface area contributed by atoms with Gasteiger partial charge in [-0.3, -0.25) is 4.79 Å². The van der Waals surface area contributed by atoms with E-state index in [0.29, 0.717) is 5.92 Å². The summed E-state index contributed by atoms with van der Waals surface area (Å²) in [6, 6.07) is 0. The van der Waals surface area contributed by atoms with E-state index in [-0.39, 0.29) is 16.7 Å². The van der Waals surface area contributed by atoms with Crippen LogP contribution in [0, 0.1) is 22.7 Å². The first-order valence-corrected chi connectivity index (χ1v) is 9.64. The van der Waals surface area contributed by atoms with Crippen molar-refractivity contribution in [2.24, 2.45) is 22.7 Å². The molecule has 23 heavy (non-hydrogen) atoms. The summed E-state index contributed by atoms with van der Waals surface area (Å²) in [5.74, 6) is 1.47. The van der Waals surface area contributed by atoms with Crippen molar-refractivity contribution in [1.82, 2.24) is 4.98 Å². The third-order valence-electron chi connectivity index (χ3n) is 6.73. The van der Waals surface area contributed by atoms with Gasteiger partial charge in [-0.15, -0.1) is 11.3 Å². The van der Waals surface area contributed by atoms with Gasteiger partial charge in [0.2, 0.25) is 5.91 Å². The van der Waals surface area contributed by atoms with E-state index in [1.807, 2.05) is 0 Å². The number of amides is 1. The average Bonchev–Trinajstić information content (AvgIpc) is 3.13. The molecule has 3 unspecified atom stereocenters. The van der Waals surface area contributed by atoms with Gasteiger partial charge in [0.1, 0.15) is 0 Å². The van der Waals surface area contributed by atoms with Crippen LogP contribution in [0.25, 0.3) is 0 Å². The molecule has 1 aromatic heterocycles. The number of hydrogen-bond donors (Lipinski definition) is 1. The number of aryl methyl sites for hydroxylation is 1. The van der Waals surface area contributed by atoms with E-state index in [4.69, 9.17) is 4.98 Å². The van der Waals surface area contributed by atoms with Crippen molar-refractivity contribution in [3.8, 4) is 0 Å². The molecule has 3 aliphatic rings. The van der Waals surface area contributed by atoms with Gasteiger partial charge in [-0.1, -0.05) is 32.9 Å². The lowest BCUT2D eigenvalue weighted by molar-refractivity contribution is -0.123. The molecule has 2 bridgehead atoms. The van der Waals surface area contributed by atoms with Crippen LogP contribution in [-0.2, 0) is 17.6 Å². The lowest BCUT2D eigenvalue weighted by atomic mass is 9.68. The van der Waals surface area contributed by atoms with Crippen molar-refractivity contribution < 1.29 is 4.79 Å². The van der Waals surface area contributed by atoms with Crippen LogP contribution in [0.3, 0.4) is 0 Å². The van der Waals surface area contributed by atoms with Crippen LogP contribution >= 0.6 is 11.3 Å². The highest BCUT2D eigenvalue weighted by atomic mass is 32.1. The molecule has 0 aromatic carbocycles. The van der Waals surface area contributed by atoms with Gasteiger partial charge in [0, 0.05) is 4.88 Å². The molecule has 3 aliphatic carbocycles. The van der Waals surface area contributed by atoms with Gasteiger partial charge in [-0.05, 0) is 55.8 Å². The molecule has 0 radical (unpaired) electrons. The van der Waals surface area contributed by atoms with Crippen LogP contribution in [0.1, 0.15) is 57.0 Å². The maximum atomic E-state index is 13.1. The fourth-order valence-corrected chi connectivity index (χ4v) is 6.12. The molecule has 2 saturated carbocycles. The normalized spacial score (nSPS) is 34.5. The van der Waals surface area contributed by atoms with Gasteiger partial charge in [-0.2, -0.15) is 0 Å². The fraction of sp³-hybridized carbons (Fsp3) is 0.684. The summed E-state index contributed by atoms with van der Waals surface area (Å²) in [6.07, 6.45) is 6.43. The molecule has 1 heterocycles. The van der Waals surface area contributed by atoms with Gasteiger partial charge in [-0.25, -0.2) is 4.98 Å². The Hall–Kier alpha value is -1.16. The van der Waals surface area contributed by atoms with Gasteiger partial charge < -0.3 is 5.32 Å². The average molecular weight is 330 g/mol. The SMILES string of the molecule is C=C1C2(C(=O)Nc3nc4c(s3)CC(C)CC4)CCC(C2)C1(C)C. The van der Waals surface area contributed by atoms with Gasteiger partial charge in [0.25, 0.3) is 0 Å².